The predicted octanol–water partition coefficient (Wildman–Crippen LogP) is 15.9. The Morgan fingerprint density at radius 1 is 0.409 bits per heavy atom. The van der Waals surface area contributed by atoms with Crippen molar-refractivity contribution in [2.45, 2.75) is 19.4 Å². The zero-order chi connectivity index (χ0) is 43.7. The second-order valence-electron chi connectivity index (χ2n) is 17.6. The lowest BCUT2D eigenvalue weighted by Gasteiger charge is -2.30. The van der Waals surface area contributed by atoms with Crippen LogP contribution in [0.3, 0.4) is 0 Å². The Morgan fingerprint density at radius 2 is 1.06 bits per heavy atom. The molecule has 0 saturated carbocycles. The van der Waals surface area contributed by atoms with E-state index in [0.29, 0.717) is 0 Å². The van der Waals surface area contributed by atoms with Crippen LogP contribution in [0, 0.1) is 5.92 Å². The number of benzene rings is 10. The lowest BCUT2D eigenvalue weighted by atomic mass is 9.82. The fourth-order valence-electron chi connectivity index (χ4n) is 10.8. The van der Waals surface area contributed by atoms with Crippen LogP contribution in [-0.4, -0.2) is 20.7 Å². The highest BCUT2D eigenvalue weighted by Crippen LogP contribution is 2.44. The summed E-state index contributed by atoms with van der Waals surface area (Å²) in [5.74, 6) is 0.813. The Morgan fingerprint density at radius 3 is 1.86 bits per heavy atom. The number of aromatic nitrogens is 2. The largest absolute Gasteiger partial charge is 0.309 e. The monoisotopic (exact) mass is 844 g/mol. The molecular weight excluding hydrogens is 801 g/mol. The molecule has 2 unspecified atom stereocenters. The zero-order valence-electron chi connectivity index (χ0n) is 36.5. The fraction of sp³-hybridized carbons (Fsp3) is 0.0645. The molecule has 0 amide bonds. The Labute approximate surface area is 383 Å². The number of amidine groups is 1. The molecule has 1 aliphatic heterocycles. The summed E-state index contributed by atoms with van der Waals surface area (Å²) in [4.78, 5) is 11.2. The molecule has 3 heterocycles. The highest BCUT2D eigenvalue weighted by Gasteiger charge is 2.33. The van der Waals surface area contributed by atoms with Gasteiger partial charge < -0.3 is 9.13 Å². The van der Waals surface area contributed by atoms with Crippen LogP contribution in [0.2, 0.25) is 0 Å². The molecule has 4 heteroatoms. The minimum atomic E-state index is -0.105. The van der Waals surface area contributed by atoms with E-state index in [2.05, 4.69) is 241 Å². The Hall–Kier alpha value is -8.34. The van der Waals surface area contributed by atoms with Gasteiger partial charge in [0.25, 0.3) is 0 Å². The maximum absolute atomic E-state index is 5.63. The maximum atomic E-state index is 5.63. The molecule has 0 spiro atoms. The number of rotatable bonds is 7. The van der Waals surface area contributed by atoms with Crippen molar-refractivity contribution in [3.63, 3.8) is 0 Å². The molecule has 12 aromatic rings. The summed E-state index contributed by atoms with van der Waals surface area (Å²) in [6.07, 6.45) is 0.882. The Kier molecular flexibility index (Phi) is 8.92. The molecule has 66 heavy (non-hydrogen) atoms. The van der Waals surface area contributed by atoms with E-state index >= 15 is 0 Å². The van der Waals surface area contributed by atoms with E-state index in [9.17, 15) is 0 Å². The van der Waals surface area contributed by atoms with Crippen LogP contribution in [0.1, 0.15) is 36.1 Å². The molecule has 4 nitrogen and oxygen atoms in total. The smallest absolute Gasteiger partial charge is 0.155 e. The van der Waals surface area contributed by atoms with Gasteiger partial charge in [0.15, 0.2) is 5.84 Å². The van der Waals surface area contributed by atoms with Crippen LogP contribution in [0.25, 0.3) is 87.7 Å². The molecule has 13 rings (SSSR count). The van der Waals surface area contributed by atoms with Gasteiger partial charge in [0.1, 0.15) is 0 Å². The molecular formula is C62H44N4. The first-order valence-electron chi connectivity index (χ1n) is 23.1. The minimum absolute atomic E-state index is 0.0524. The van der Waals surface area contributed by atoms with Gasteiger partial charge in [-0.05, 0) is 99.4 Å². The topological polar surface area (TPSA) is 34.6 Å². The second-order valence-corrected chi connectivity index (χ2v) is 17.6. The number of para-hydroxylation sites is 2. The van der Waals surface area contributed by atoms with Crippen LogP contribution in [0.5, 0.6) is 0 Å². The first kappa shape index (κ1) is 38.1. The molecule has 2 aromatic heterocycles. The van der Waals surface area contributed by atoms with Gasteiger partial charge in [0, 0.05) is 44.1 Å². The van der Waals surface area contributed by atoms with Crippen LogP contribution >= 0.6 is 0 Å². The van der Waals surface area contributed by atoms with Crippen molar-refractivity contribution in [2.75, 3.05) is 0 Å². The predicted molar refractivity (Wildman–Crippen MR) is 278 cm³/mol. The number of hydrogen-bond acceptors (Lipinski definition) is 2. The van der Waals surface area contributed by atoms with Crippen molar-refractivity contribution in [2.24, 2.45) is 15.9 Å². The number of hydrogen-bond donors (Lipinski definition) is 0. The first-order valence-corrected chi connectivity index (χ1v) is 23.1. The SMILES string of the molecule is CCC1C(c2cc(-n3c4ccccc4c4cc5c6c7ccccc7ccc6n(-c6ccccc6)c5cc43)c3ccccc3c2)=NC(c2cccc(-c3ccccc3)c2)=NC1c1ccccc1. The van der Waals surface area contributed by atoms with E-state index in [0.717, 1.165) is 51.5 Å². The molecule has 0 saturated heterocycles. The van der Waals surface area contributed by atoms with Gasteiger partial charge in [-0.3, -0.25) is 4.99 Å². The summed E-state index contributed by atoms with van der Waals surface area (Å²) in [6, 6.07) is 81.6. The molecule has 10 aromatic carbocycles. The van der Waals surface area contributed by atoms with Crippen molar-refractivity contribution in [1.29, 1.82) is 0 Å². The molecule has 312 valence electrons. The van der Waals surface area contributed by atoms with E-state index in [4.69, 9.17) is 9.98 Å². The lowest BCUT2D eigenvalue weighted by Crippen LogP contribution is -2.28. The summed E-state index contributed by atoms with van der Waals surface area (Å²) in [7, 11) is 0. The van der Waals surface area contributed by atoms with Crippen molar-refractivity contribution in [3.05, 3.63) is 241 Å². The van der Waals surface area contributed by atoms with Gasteiger partial charge in [0.05, 0.1) is 39.5 Å². The highest BCUT2D eigenvalue weighted by molar-refractivity contribution is 6.26. The van der Waals surface area contributed by atoms with Gasteiger partial charge in [-0.25, -0.2) is 4.99 Å². The normalized spacial score (nSPS) is 15.3. The number of aliphatic imine (C=N–C) groups is 2. The van der Waals surface area contributed by atoms with Crippen LogP contribution in [0.4, 0.5) is 0 Å². The average Bonchev–Trinajstić information content (AvgIpc) is 3.90. The van der Waals surface area contributed by atoms with Crippen molar-refractivity contribution in [1.82, 2.24) is 9.13 Å². The molecule has 0 N–H and O–H groups in total. The quantitative estimate of drug-likeness (QED) is 0.153. The van der Waals surface area contributed by atoms with Crippen molar-refractivity contribution in [3.8, 4) is 22.5 Å². The Balaban J connectivity index is 1.08. The van der Waals surface area contributed by atoms with E-state index in [1.807, 2.05) is 0 Å². The van der Waals surface area contributed by atoms with E-state index in [1.54, 1.807) is 0 Å². The minimum Gasteiger partial charge on any atom is -0.309 e. The second kappa shape index (κ2) is 15.4. The molecule has 0 fully saturated rings. The summed E-state index contributed by atoms with van der Waals surface area (Å²) < 4.78 is 4.96. The van der Waals surface area contributed by atoms with Crippen LogP contribution < -0.4 is 0 Å². The third-order valence-electron chi connectivity index (χ3n) is 13.9. The van der Waals surface area contributed by atoms with Crippen molar-refractivity contribution < 1.29 is 0 Å². The highest BCUT2D eigenvalue weighted by atomic mass is 15.0. The standard InChI is InChI=1S/C62H44N4/c1-2-48-60(42-22-8-4-9-23-42)63-62(45-26-18-25-43(35-45)40-19-6-3-7-20-40)64-61(48)46-36-44-24-13-14-29-49(44)56(37-46)66-54-32-17-16-31-51(54)52-38-53-58(39-57(52)66)65(47-27-10-5-11-28-47)55-34-33-41-21-12-15-30-50(41)59(53)55/h3-39,48,60H,2H2,1H3. The van der Waals surface area contributed by atoms with Gasteiger partial charge in [-0.15, -0.1) is 0 Å². The van der Waals surface area contributed by atoms with E-state index < -0.39 is 0 Å². The summed E-state index contributed by atoms with van der Waals surface area (Å²) in [5.41, 5.74) is 13.7. The third-order valence-corrected chi connectivity index (χ3v) is 13.9. The van der Waals surface area contributed by atoms with Crippen LogP contribution in [0.15, 0.2) is 234 Å². The number of fused-ring (bicyclic) bond motifs is 9. The summed E-state index contributed by atoms with van der Waals surface area (Å²) in [5, 5.41) is 9.84. The summed E-state index contributed by atoms with van der Waals surface area (Å²) >= 11 is 0. The van der Waals surface area contributed by atoms with Gasteiger partial charge in [0.2, 0.25) is 0 Å². The van der Waals surface area contributed by atoms with Gasteiger partial charge in [-0.2, -0.15) is 0 Å². The first-order chi connectivity index (χ1) is 32.7. The molecule has 2 atom stereocenters. The fourth-order valence-corrected chi connectivity index (χ4v) is 10.8. The molecule has 1 aliphatic rings. The van der Waals surface area contributed by atoms with Gasteiger partial charge in [-0.1, -0.05) is 177 Å². The zero-order valence-corrected chi connectivity index (χ0v) is 36.5. The third kappa shape index (κ3) is 6.06. The van der Waals surface area contributed by atoms with E-state index in [-0.39, 0.29) is 12.0 Å². The maximum Gasteiger partial charge on any atom is 0.155 e. The van der Waals surface area contributed by atoms with Crippen molar-refractivity contribution >= 4 is 76.7 Å². The molecule has 0 aliphatic carbocycles. The number of nitrogens with zero attached hydrogens (tertiary/aromatic N) is 4. The molecule has 0 radical (unpaired) electrons. The average molecular weight is 845 g/mol. The summed E-state index contributed by atoms with van der Waals surface area (Å²) in [6.45, 7) is 2.28. The van der Waals surface area contributed by atoms with E-state index in [1.165, 1.54) is 70.8 Å². The Bertz CT molecular complexity index is 3910. The lowest BCUT2D eigenvalue weighted by molar-refractivity contribution is 0.532. The molecule has 0 bridgehead atoms. The van der Waals surface area contributed by atoms with Crippen LogP contribution in [-0.2, 0) is 0 Å². The van der Waals surface area contributed by atoms with Gasteiger partial charge >= 0.3 is 0 Å².